The summed E-state index contributed by atoms with van der Waals surface area (Å²) in [5.41, 5.74) is 0.880. The van der Waals surface area contributed by atoms with Crippen LogP contribution in [0.15, 0.2) is 24.3 Å². The van der Waals surface area contributed by atoms with Crippen molar-refractivity contribution in [1.82, 2.24) is 10.2 Å². The first-order valence-corrected chi connectivity index (χ1v) is 5.97. The fraction of sp³-hybridized carbons (Fsp3) is 0.462. The van der Waals surface area contributed by atoms with Gasteiger partial charge in [0.25, 0.3) is 0 Å². The van der Waals surface area contributed by atoms with Gasteiger partial charge in [-0.15, -0.1) is 0 Å². The summed E-state index contributed by atoms with van der Waals surface area (Å²) in [6.07, 6.45) is 0.00485. The number of nitrogens with one attached hydrogen (secondary N) is 1. The lowest BCUT2D eigenvalue weighted by molar-refractivity contribution is -0.132. The number of nitrogens with zero attached hydrogens (tertiary/aromatic N) is 1. The van der Waals surface area contributed by atoms with Crippen molar-refractivity contribution in [2.45, 2.75) is 25.1 Å². The van der Waals surface area contributed by atoms with Crippen molar-refractivity contribution in [1.29, 1.82) is 0 Å². The van der Waals surface area contributed by atoms with E-state index in [0.29, 0.717) is 19.5 Å². The highest BCUT2D eigenvalue weighted by molar-refractivity contribution is 5.82. The second kappa shape index (κ2) is 5.46. The number of hydrogen-bond donors (Lipinski definition) is 2. The number of aliphatic hydroxyl groups excluding tert-OH is 1. The summed E-state index contributed by atoms with van der Waals surface area (Å²) in [5, 5.41) is 12.4. The van der Waals surface area contributed by atoms with Crippen LogP contribution in [0, 0.1) is 5.82 Å². The molecular weight excluding hydrogens is 235 g/mol. The van der Waals surface area contributed by atoms with Gasteiger partial charge in [-0.2, -0.15) is 0 Å². The van der Waals surface area contributed by atoms with Crippen LogP contribution >= 0.6 is 0 Å². The summed E-state index contributed by atoms with van der Waals surface area (Å²) in [6, 6.07) is 5.77. The van der Waals surface area contributed by atoms with Gasteiger partial charge in [0.15, 0.2) is 0 Å². The zero-order chi connectivity index (χ0) is 13.1. The zero-order valence-corrected chi connectivity index (χ0v) is 10.3. The average Bonchev–Trinajstić information content (AvgIpc) is 2.78. The minimum atomic E-state index is -0.446. The van der Waals surface area contributed by atoms with Crippen LogP contribution in [0.5, 0.6) is 0 Å². The molecule has 4 nitrogen and oxygen atoms in total. The summed E-state index contributed by atoms with van der Waals surface area (Å²) >= 11 is 0. The number of halogens is 1. The first kappa shape index (κ1) is 13.0. The maximum atomic E-state index is 12.8. The molecule has 0 bridgehead atoms. The molecule has 1 saturated heterocycles. The molecule has 18 heavy (non-hydrogen) atoms. The van der Waals surface area contributed by atoms with E-state index in [-0.39, 0.29) is 17.8 Å². The Labute approximate surface area is 105 Å². The Kier molecular flexibility index (Phi) is 3.93. The molecule has 2 N–H and O–H groups in total. The first-order chi connectivity index (χ1) is 8.56. The summed E-state index contributed by atoms with van der Waals surface area (Å²) in [4.78, 5) is 13.6. The van der Waals surface area contributed by atoms with Gasteiger partial charge in [0.2, 0.25) is 5.91 Å². The van der Waals surface area contributed by atoms with Gasteiger partial charge in [-0.25, -0.2) is 4.39 Å². The van der Waals surface area contributed by atoms with E-state index in [1.807, 2.05) is 0 Å². The Balaban J connectivity index is 1.93. The molecule has 98 valence electrons. The summed E-state index contributed by atoms with van der Waals surface area (Å²) in [5.74, 6) is -0.329. The summed E-state index contributed by atoms with van der Waals surface area (Å²) < 4.78 is 12.8. The van der Waals surface area contributed by atoms with Gasteiger partial charge in [-0.3, -0.25) is 4.79 Å². The van der Waals surface area contributed by atoms with Crippen molar-refractivity contribution in [2.75, 3.05) is 13.6 Å². The highest BCUT2D eigenvalue weighted by Crippen LogP contribution is 2.11. The van der Waals surface area contributed by atoms with Crippen molar-refractivity contribution in [3.05, 3.63) is 35.6 Å². The molecule has 0 aromatic heterocycles. The van der Waals surface area contributed by atoms with Crippen molar-refractivity contribution in [3.8, 4) is 0 Å². The predicted molar refractivity (Wildman–Crippen MR) is 65.3 cm³/mol. The standard InChI is InChI=1S/C13H17FN2O2/c1-16(8-9-2-4-10(14)5-3-9)13(18)12-6-11(17)7-15-12/h2-5,11-12,15,17H,6-8H2,1H3/t11-,12-/m1/s1. The molecule has 2 atom stereocenters. The fourth-order valence-electron chi connectivity index (χ4n) is 2.11. The Morgan fingerprint density at radius 3 is 2.72 bits per heavy atom. The SMILES string of the molecule is CN(Cc1ccc(F)cc1)C(=O)[C@H]1C[C@@H](O)CN1. The van der Waals surface area contributed by atoms with Crippen LogP contribution in [0.2, 0.25) is 0 Å². The van der Waals surface area contributed by atoms with E-state index in [1.165, 1.54) is 12.1 Å². The summed E-state index contributed by atoms with van der Waals surface area (Å²) in [6.45, 7) is 0.897. The Morgan fingerprint density at radius 1 is 1.50 bits per heavy atom. The number of carbonyl (C=O) groups excluding carboxylic acids is 1. The highest BCUT2D eigenvalue weighted by atomic mass is 19.1. The molecule has 1 fully saturated rings. The molecule has 1 aliphatic rings. The lowest BCUT2D eigenvalue weighted by Crippen LogP contribution is -2.41. The number of amides is 1. The Morgan fingerprint density at radius 2 is 2.17 bits per heavy atom. The van der Waals surface area contributed by atoms with E-state index in [1.54, 1.807) is 24.1 Å². The largest absolute Gasteiger partial charge is 0.392 e. The third-order valence-corrected chi connectivity index (χ3v) is 3.11. The normalized spacial score (nSPS) is 23.1. The molecule has 1 aliphatic heterocycles. The van der Waals surface area contributed by atoms with E-state index in [9.17, 15) is 14.3 Å². The number of rotatable bonds is 3. The predicted octanol–water partition coefficient (Wildman–Crippen LogP) is 0.507. The van der Waals surface area contributed by atoms with Crippen LogP contribution < -0.4 is 5.32 Å². The molecule has 5 heteroatoms. The third-order valence-electron chi connectivity index (χ3n) is 3.11. The van der Waals surface area contributed by atoms with Gasteiger partial charge < -0.3 is 15.3 Å². The van der Waals surface area contributed by atoms with Gasteiger partial charge in [0, 0.05) is 20.1 Å². The second-order valence-corrected chi connectivity index (χ2v) is 4.67. The van der Waals surface area contributed by atoms with Gasteiger partial charge in [-0.05, 0) is 24.1 Å². The van der Waals surface area contributed by atoms with Gasteiger partial charge in [-0.1, -0.05) is 12.1 Å². The number of carbonyl (C=O) groups is 1. The Hall–Kier alpha value is -1.46. The molecule has 1 heterocycles. The molecular formula is C13H17FN2O2. The van der Waals surface area contributed by atoms with Gasteiger partial charge in [0.1, 0.15) is 5.82 Å². The topological polar surface area (TPSA) is 52.6 Å². The molecule has 1 aromatic rings. The molecule has 1 aromatic carbocycles. The quantitative estimate of drug-likeness (QED) is 0.824. The van der Waals surface area contributed by atoms with Crippen molar-refractivity contribution in [3.63, 3.8) is 0 Å². The van der Waals surface area contributed by atoms with Crippen LogP contribution in [0.3, 0.4) is 0 Å². The van der Waals surface area contributed by atoms with E-state index in [0.717, 1.165) is 5.56 Å². The minimum absolute atomic E-state index is 0.0455. The number of likely N-dealkylation sites (N-methyl/N-ethyl adjacent to an activating group) is 1. The fourth-order valence-corrected chi connectivity index (χ4v) is 2.11. The second-order valence-electron chi connectivity index (χ2n) is 4.67. The van der Waals surface area contributed by atoms with Gasteiger partial charge >= 0.3 is 0 Å². The van der Waals surface area contributed by atoms with E-state index < -0.39 is 6.10 Å². The lowest BCUT2D eigenvalue weighted by Gasteiger charge is -2.21. The maximum Gasteiger partial charge on any atom is 0.239 e. The van der Waals surface area contributed by atoms with E-state index in [2.05, 4.69) is 5.32 Å². The number of β-amino-alcohol motifs (C(OH)–C–C–N with tert-alkyl or cyclic N) is 1. The average molecular weight is 252 g/mol. The molecule has 0 aliphatic carbocycles. The number of benzene rings is 1. The minimum Gasteiger partial charge on any atom is -0.392 e. The first-order valence-electron chi connectivity index (χ1n) is 5.97. The van der Waals surface area contributed by atoms with Crippen LogP contribution in [-0.2, 0) is 11.3 Å². The zero-order valence-electron chi connectivity index (χ0n) is 10.3. The van der Waals surface area contributed by atoms with Crippen molar-refractivity contribution in [2.24, 2.45) is 0 Å². The summed E-state index contributed by atoms with van der Waals surface area (Å²) in [7, 11) is 1.71. The van der Waals surface area contributed by atoms with Gasteiger partial charge in [0.05, 0.1) is 12.1 Å². The smallest absolute Gasteiger partial charge is 0.239 e. The van der Waals surface area contributed by atoms with Crippen molar-refractivity contribution >= 4 is 5.91 Å². The monoisotopic (exact) mass is 252 g/mol. The maximum absolute atomic E-state index is 12.8. The van der Waals surface area contributed by atoms with Crippen LogP contribution in [-0.4, -0.2) is 41.7 Å². The molecule has 0 saturated carbocycles. The molecule has 0 spiro atoms. The molecule has 0 radical (unpaired) electrons. The number of hydrogen-bond acceptors (Lipinski definition) is 3. The third kappa shape index (κ3) is 3.05. The molecule has 1 amide bonds. The Bertz CT molecular complexity index is 422. The van der Waals surface area contributed by atoms with E-state index in [4.69, 9.17) is 0 Å². The van der Waals surface area contributed by atoms with Crippen LogP contribution in [0.4, 0.5) is 4.39 Å². The number of aliphatic hydroxyl groups is 1. The van der Waals surface area contributed by atoms with Crippen LogP contribution in [0.1, 0.15) is 12.0 Å². The van der Waals surface area contributed by atoms with Crippen molar-refractivity contribution < 1.29 is 14.3 Å². The highest BCUT2D eigenvalue weighted by Gasteiger charge is 2.29. The molecule has 2 rings (SSSR count). The van der Waals surface area contributed by atoms with Crippen LogP contribution in [0.25, 0.3) is 0 Å². The molecule has 0 unspecified atom stereocenters. The lowest BCUT2D eigenvalue weighted by atomic mass is 10.1. The van der Waals surface area contributed by atoms with E-state index >= 15 is 0 Å².